The highest BCUT2D eigenvalue weighted by molar-refractivity contribution is 5.98. The predicted octanol–water partition coefficient (Wildman–Crippen LogP) is 1.97. The standard InChI is InChI=1S/C15H17N3O3/c1-9-5-6-18(8-9)12-4-3-10-11(17-12)7-16-13(14(10)19)15(20)21-2/h3-4,7,9,19H,5-6,8H2,1-2H3/t9-/m1/s1. The van der Waals surface area contributed by atoms with Crippen LogP contribution in [0.2, 0.25) is 0 Å². The smallest absolute Gasteiger partial charge is 0.360 e. The molecule has 110 valence electrons. The SMILES string of the molecule is COC(=O)c1ncc2nc(N3CC[C@@H](C)C3)ccc2c1O. The summed E-state index contributed by atoms with van der Waals surface area (Å²) in [7, 11) is 1.25. The highest BCUT2D eigenvalue weighted by Gasteiger charge is 2.21. The van der Waals surface area contributed by atoms with Gasteiger partial charge in [-0.15, -0.1) is 0 Å². The zero-order chi connectivity index (χ0) is 15.0. The number of carbonyl (C=O) groups is 1. The third-order valence-electron chi connectivity index (χ3n) is 3.83. The van der Waals surface area contributed by atoms with Gasteiger partial charge in [0.25, 0.3) is 0 Å². The van der Waals surface area contributed by atoms with Crippen LogP contribution in [0.3, 0.4) is 0 Å². The topological polar surface area (TPSA) is 75.5 Å². The van der Waals surface area contributed by atoms with Gasteiger partial charge in [-0.1, -0.05) is 6.92 Å². The van der Waals surface area contributed by atoms with Gasteiger partial charge in [0, 0.05) is 18.5 Å². The lowest BCUT2D eigenvalue weighted by Crippen LogP contribution is -2.20. The van der Waals surface area contributed by atoms with Crippen LogP contribution in [0.4, 0.5) is 5.82 Å². The molecule has 1 fully saturated rings. The summed E-state index contributed by atoms with van der Waals surface area (Å²) in [5.74, 6) is 0.689. The Hall–Kier alpha value is -2.37. The number of hydrogen-bond donors (Lipinski definition) is 1. The van der Waals surface area contributed by atoms with Gasteiger partial charge < -0.3 is 14.7 Å². The molecule has 3 rings (SSSR count). The number of methoxy groups -OCH3 is 1. The molecular formula is C15H17N3O3. The van der Waals surface area contributed by atoms with Crippen LogP contribution in [-0.2, 0) is 4.74 Å². The van der Waals surface area contributed by atoms with E-state index in [0.717, 1.165) is 25.3 Å². The minimum atomic E-state index is -0.660. The predicted molar refractivity (Wildman–Crippen MR) is 78.5 cm³/mol. The summed E-state index contributed by atoms with van der Waals surface area (Å²) in [6, 6.07) is 3.63. The van der Waals surface area contributed by atoms with Crippen molar-refractivity contribution in [1.82, 2.24) is 9.97 Å². The minimum Gasteiger partial charge on any atom is -0.505 e. The molecule has 1 N–H and O–H groups in total. The summed E-state index contributed by atoms with van der Waals surface area (Å²) in [5.41, 5.74) is 0.478. The molecule has 0 amide bonds. The summed E-state index contributed by atoms with van der Waals surface area (Å²) >= 11 is 0. The molecule has 0 aromatic carbocycles. The maximum absolute atomic E-state index is 11.5. The molecule has 3 heterocycles. The zero-order valence-corrected chi connectivity index (χ0v) is 12.0. The molecule has 0 radical (unpaired) electrons. The quantitative estimate of drug-likeness (QED) is 0.851. The molecule has 0 unspecified atom stereocenters. The van der Waals surface area contributed by atoms with E-state index in [2.05, 4.69) is 26.5 Å². The molecule has 1 aliphatic heterocycles. The Balaban J connectivity index is 2.02. The van der Waals surface area contributed by atoms with E-state index < -0.39 is 5.97 Å². The fraction of sp³-hybridized carbons (Fsp3) is 0.400. The maximum Gasteiger partial charge on any atom is 0.360 e. The Bertz CT molecular complexity index is 702. The van der Waals surface area contributed by atoms with E-state index in [0.29, 0.717) is 16.8 Å². The first-order chi connectivity index (χ1) is 10.1. The normalized spacial score (nSPS) is 18.2. The molecule has 0 aliphatic carbocycles. The number of rotatable bonds is 2. The molecule has 1 aliphatic rings. The van der Waals surface area contributed by atoms with E-state index in [1.165, 1.54) is 13.3 Å². The Morgan fingerprint density at radius 2 is 2.29 bits per heavy atom. The summed E-state index contributed by atoms with van der Waals surface area (Å²) in [4.78, 5) is 22.2. The number of ether oxygens (including phenoxy) is 1. The number of aromatic hydroxyl groups is 1. The summed E-state index contributed by atoms with van der Waals surface area (Å²) < 4.78 is 4.59. The van der Waals surface area contributed by atoms with Gasteiger partial charge >= 0.3 is 5.97 Å². The van der Waals surface area contributed by atoms with Gasteiger partial charge in [0.05, 0.1) is 18.8 Å². The van der Waals surface area contributed by atoms with Crippen molar-refractivity contribution >= 4 is 22.7 Å². The van der Waals surface area contributed by atoms with Crippen LogP contribution in [0.25, 0.3) is 10.9 Å². The van der Waals surface area contributed by atoms with Gasteiger partial charge in [-0.2, -0.15) is 0 Å². The molecule has 21 heavy (non-hydrogen) atoms. The van der Waals surface area contributed by atoms with E-state index in [9.17, 15) is 9.90 Å². The number of carbonyl (C=O) groups excluding carboxylic acids is 1. The van der Waals surface area contributed by atoms with Crippen LogP contribution >= 0.6 is 0 Å². The van der Waals surface area contributed by atoms with Gasteiger partial charge in [-0.3, -0.25) is 0 Å². The molecular weight excluding hydrogens is 270 g/mol. The van der Waals surface area contributed by atoms with E-state index in [-0.39, 0.29) is 11.4 Å². The Labute approximate surface area is 122 Å². The minimum absolute atomic E-state index is 0.0886. The number of anilines is 1. The Kier molecular flexibility index (Phi) is 3.37. The molecule has 2 aromatic rings. The van der Waals surface area contributed by atoms with Crippen molar-refractivity contribution in [2.24, 2.45) is 5.92 Å². The fourth-order valence-electron chi connectivity index (χ4n) is 2.64. The van der Waals surface area contributed by atoms with Gasteiger partial charge in [-0.25, -0.2) is 14.8 Å². The molecule has 2 aromatic heterocycles. The second-order valence-electron chi connectivity index (χ2n) is 5.39. The second-order valence-corrected chi connectivity index (χ2v) is 5.39. The van der Waals surface area contributed by atoms with Crippen molar-refractivity contribution in [3.8, 4) is 5.75 Å². The highest BCUT2D eigenvalue weighted by Crippen LogP contribution is 2.29. The van der Waals surface area contributed by atoms with Crippen LogP contribution in [0.1, 0.15) is 23.8 Å². The number of fused-ring (bicyclic) bond motifs is 1. The van der Waals surface area contributed by atoms with Crippen LogP contribution < -0.4 is 4.90 Å². The molecule has 0 bridgehead atoms. The zero-order valence-electron chi connectivity index (χ0n) is 12.0. The average molecular weight is 287 g/mol. The van der Waals surface area contributed by atoms with E-state index in [1.807, 2.05) is 6.07 Å². The van der Waals surface area contributed by atoms with Gasteiger partial charge in [-0.05, 0) is 24.5 Å². The second kappa shape index (κ2) is 5.20. The fourth-order valence-corrected chi connectivity index (χ4v) is 2.64. The van der Waals surface area contributed by atoms with Crippen molar-refractivity contribution < 1.29 is 14.6 Å². The molecule has 0 saturated carbocycles. The van der Waals surface area contributed by atoms with Crippen molar-refractivity contribution in [3.05, 3.63) is 24.0 Å². The van der Waals surface area contributed by atoms with E-state index in [1.54, 1.807) is 6.07 Å². The average Bonchev–Trinajstić information content (AvgIpc) is 2.93. The number of hydrogen-bond acceptors (Lipinski definition) is 6. The maximum atomic E-state index is 11.5. The first-order valence-electron chi connectivity index (χ1n) is 6.92. The van der Waals surface area contributed by atoms with Crippen LogP contribution in [0.15, 0.2) is 18.3 Å². The molecule has 6 heteroatoms. The first kappa shape index (κ1) is 13.6. The van der Waals surface area contributed by atoms with Crippen molar-refractivity contribution in [3.63, 3.8) is 0 Å². The number of nitrogens with zero attached hydrogens (tertiary/aromatic N) is 3. The molecule has 0 spiro atoms. The van der Waals surface area contributed by atoms with Gasteiger partial charge in [0.15, 0.2) is 11.4 Å². The van der Waals surface area contributed by atoms with Crippen LogP contribution in [-0.4, -0.2) is 41.2 Å². The number of aromatic nitrogens is 2. The van der Waals surface area contributed by atoms with Crippen molar-refractivity contribution in [1.29, 1.82) is 0 Å². The van der Waals surface area contributed by atoms with E-state index >= 15 is 0 Å². The molecule has 1 saturated heterocycles. The number of pyridine rings is 2. The van der Waals surface area contributed by atoms with E-state index in [4.69, 9.17) is 0 Å². The lowest BCUT2D eigenvalue weighted by Gasteiger charge is -2.17. The summed E-state index contributed by atoms with van der Waals surface area (Å²) in [6.07, 6.45) is 2.65. The van der Waals surface area contributed by atoms with Crippen LogP contribution in [0, 0.1) is 5.92 Å². The van der Waals surface area contributed by atoms with Gasteiger partial charge in [0.2, 0.25) is 0 Å². The Morgan fingerprint density at radius 1 is 1.48 bits per heavy atom. The molecule has 6 nitrogen and oxygen atoms in total. The first-order valence-corrected chi connectivity index (χ1v) is 6.92. The summed E-state index contributed by atoms with van der Waals surface area (Å²) in [6.45, 7) is 4.19. The van der Waals surface area contributed by atoms with Crippen molar-refractivity contribution in [2.75, 3.05) is 25.1 Å². The largest absolute Gasteiger partial charge is 0.505 e. The monoisotopic (exact) mass is 287 g/mol. The number of esters is 1. The summed E-state index contributed by atoms with van der Waals surface area (Å²) in [5, 5.41) is 10.6. The Morgan fingerprint density at radius 3 is 2.95 bits per heavy atom. The van der Waals surface area contributed by atoms with Crippen molar-refractivity contribution in [2.45, 2.75) is 13.3 Å². The lowest BCUT2D eigenvalue weighted by atomic mass is 10.2. The lowest BCUT2D eigenvalue weighted by molar-refractivity contribution is 0.0591. The third-order valence-corrected chi connectivity index (χ3v) is 3.83. The molecule has 1 atom stereocenters. The van der Waals surface area contributed by atoms with Crippen LogP contribution in [0.5, 0.6) is 5.75 Å². The third kappa shape index (κ3) is 2.37. The van der Waals surface area contributed by atoms with Gasteiger partial charge in [0.1, 0.15) is 5.82 Å². The highest BCUT2D eigenvalue weighted by atomic mass is 16.5.